The normalized spacial score (nSPS) is 14.3. The van der Waals surface area contributed by atoms with E-state index in [4.69, 9.17) is 8.92 Å². The molecule has 1 aliphatic rings. The molecule has 0 atom stereocenters. The smallest absolute Gasteiger partial charge is 0.339 e. The van der Waals surface area contributed by atoms with E-state index in [9.17, 15) is 23.3 Å². The van der Waals surface area contributed by atoms with Crippen LogP contribution in [0.25, 0.3) is 0 Å². The molecule has 35 heavy (non-hydrogen) atoms. The predicted octanol–water partition coefficient (Wildman–Crippen LogP) is 4.29. The van der Waals surface area contributed by atoms with Gasteiger partial charge in [0.15, 0.2) is 0 Å². The minimum Gasteiger partial charge on any atom is -0.493 e. The second kappa shape index (κ2) is 10.6. The lowest BCUT2D eigenvalue weighted by atomic mass is 9.97. The number of amides is 1. The number of carbonyl (C=O) groups is 1. The maximum absolute atomic E-state index is 12.9. The van der Waals surface area contributed by atoms with Gasteiger partial charge in [0.1, 0.15) is 16.4 Å². The van der Waals surface area contributed by atoms with Crippen LogP contribution < -0.4 is 8.92 Å². The van der Waals surface area contributed by atoms with Crippen LogP contribution in [0.15, 0.2) is 83.8 Å². The third-order valence-electron chi connectivity index (χ3n) is 5.75. The van der Waals surface area contributed by atoms with Gasteiger partial charge in [-0.3, -0.25) is 14.9 Å². The lowest BCUT2D eigenvalue weighted by Crippen LogP contribution is -2.39. The van der Waals surface area contributed by atoms with Gasteiger partial charge in [-0.2, -0.15) is 8.42 Å². The number of nitrogens with zero attached hydrogens (tertiary/aromatic N) is 2. The quantitative estimate of drug-likeness (QED) is 0.259. The Morgan fingerprint density at radius 1 is 0.943 bits per heavy atom. The van der Waals surface area contributed by atoms with Gasteiger partial charge in [-0.25, -0.2) is 0 Å². The molecular weight excluding hydrogens is 472 g/mol. The molecule has 182 valence electrons. The van der Waals surface area contributed by atoms with Crippen molar-refractivity contribution >= 4 is 21.7 Å². The molecule has 3 aromatic rings. The van der Waals surface area contributed by atoms with Crippen molar-refractivity contribution in [3.05, 3.63) is 94.5 Å². The zero-order chi connectivity index (χ0) is 24.8. The summed E-state index contributed by atoms with van der Waals surface area (Å²) in [4.78, 5) is 24.5. The number of hydrogen-bond acceptors (Lipinski definition) is 7. The first-order valence-corrected chi connectivity index (χ1v) is 12.5. The summed E-state index contributed by atoms with van der Waals surface area (Å²) in [6, 6.07) is 20.0. The van der Waals surface area contributed by atoms with E-state index in [2.05, 4.69) is 0 Å². The van der Waals surface area contributed by atoms with Crippen molar-refractivity contribution in [1.29, 1.82) is 0 Å². The van der Waals surface area contributed by atoms with Crippen LogP contribution >= 0.6 is 0 Å². The molecule has 0 spiro atoms. The molecule has 0 radical (unpaired) electrons. The fourth-order valence-corrected chi connectivity index (χ4v) is 4.77. The predicted molar refractivity (Wildman–Crippen MR) is 128 cm³/mol. The molecule has 0 saturated carbocycles. The molecule has 0 aromatic heterocycles. The molecule has 1 heterocycles. The van der Waals surface area contributed by atoms with Gasteiger partial charge < -0.3 is 13.8 Å². The summed E-state index contributed by atoms with van der Waals surface area (Å²) in [7, 11) is -4.27. The fourth-order valence-electron chi connectivity index (χ4n) is 3.80. The Balaban J connectivity index is 1.32. The van der Waals surface area contributed by atoms with Gasteiger partial charge in [0.05, 0.1) is 11.5 Å². The standard InChI is InChI=1S/C25H24N2O7S/c28-25(26-15-13-19(14-16-26)18-33-22-6-2-1-3-7-22)20-9-11-23(12-10-20)34-35(31,32)24-8-4-5-21(17-24)27(29)30/h1-12,17,19H,13-16,18H2. The van der Waals surface area contributed by atoms with Gasteiger partial charge in [-0.05, 0) is 61.2 Å². The highest BCUT2D eigenvalue weighted by atomic mass is 32.2. The lowest BCUT2D eigenvalue weighted by Gasteiger charge is -2.32. The first kappa shape index (κ1) is 24.2. The SMILES string of the molecule is O=C(c1ccc(OS(=O)(=O)c2cccc([N+](=O)[O-])c2)cc1)N1CCC(COc2ccccc2)CC1. The second-order valence-electron chi connectivity index (χ2n) is 8.18. The van der Waals surface area contributed by atoms with Gasteiger partial charge in [-0.15, -0.1) is 0 Å². The second-order valence-corrected chi connectivity index (χ2v) is 9.72. The fraction of sp³-hybridized carbons (Fsp3) is 0.240. The minimum absolute atomic E-state index is 0.00447. The summed E-state index contributed by atoms with van der Waals surface area (Å²) >= 11 is 0. The topological polar surface area (TPSA) is 116 Å². The number of benzene rings is 3. The Morgan fingerprint density at radius 2 is 1.63 bits per heavy atom. The van der Waals surface area contributed by atoms with Crippen LogP contribution in [0.4, 0.5) is 5.69 Å². The van der Waals surface area contributed by atoms with Crippen molar-refractivity contribution < 1.29 is 27.1 Å². The summed E-state index contributed by atoms with van der Waals surface area (Å²) in [6.07, 6.45) is 1.67. The molecule has 0 aliphatic carbocycles. The monoisotopic (exact) mass is 496 g/mol. The lowest BCUT2D eigenvalue weighted by molar-refractivity contribution is -0.385. The summed E-state index contributed by atoms with van der Waals surface area (Å²) in [5, 5.41) is 10.9. The van der Waals surface area contributed by atoms with Crippen LogP contribution in [-0.2, 0) is 10.1 Å². The maximum atomic E-state index is 12.9. The van der Waals surface area contributed by atoms with Crippen LogP contribution in [0.2, 0.25) is 0 Å². The Morgan fingerprint density at radius 3 is 2.29 bits per heavy atom. The number of hydrogen-bond donors (Lipinski definition) is 0. The average molecular weight is 497 g/mol. The summed E-state index contributed by atoms with van der Waals surface area (Å²) in [5.74, 6) is 1.07. The number of non-ortho nitro benzene ring substituents is 1. The molecule has 0 bridgehead atoms. The zero-order valence-corrected chi connectivity index (χ0v) is 19.6. The van der Waals surface area contributed by atoms with E-state index in [-0.39, 0.29) is 22.2 Å². The van der Waals surface area contributed by atoms with Crippen molar-refractivity contribution in [3.63, 3.8) is 0 Å². The van der Waals surface area contributed by atoms with Gasteiger partial charge in [-0.1, -0.05) is 24.3 Å². The van der Waals surface area contributed by atoms with Crippen molar-refractivity contribution in [2.75, 3.05) is 19.7 Å². The van der Waals surface area contributed by atoms with Crippen molar-refractivity contribution in [2.24, 2.45) is 5.92 Å². The first-order valence-electron chi connectivity index (χ1n) is 11.1. The molecule has 1 fully saturated rings. The van der Waals surface area contributed by atoms with E-state index in [0.717, 1.165) is 24.7 Å². The number of nitro groups is 1. The number of rotatable bonds is 8. The van der Waals surface area contributed by atoms with Gasteiger partial charge >= 0.3 is 10.1 Å². The van der Waals surface area contributed by atoms with Gasteiger partial charge in [0.25, 0.3) is 11.6 Å². The van der Waals surface area contributed by atoms with Crippen LogP contribution in [0, 0.1) is 16.0 Å². The van der Waals surface area contributed by atoms with E-state index in [1.54, 1.807) is 4.90 Å². The van der Waals surface area contributed by atoms with Crippen molar-refractivity contribution in [1.82, 2.24) is 4.90 Å². The van der Waals surface area contributed by atoms with Gasteiger partial charge in [0.2, 0.25) is 0 Å². The maximum Gasteiger partial charge on any atom is 0.339 e. The van der Waals surface area contributed by atoms with Crippen molar-refractivity contribution in [3.8, 4) is 11.5 Å². The highest BCUT2D eigenvalue weighted by Gasteiger charge is 2.25. The largest absolute Gasteiger partial charge is 0.493 e. The highest BCUT2D eigenvalue weighted by molar-refractivity contribution is 7.87. The van der Waals surface area contributed by atoms with E-state index in [1.165, 1.54) is 42.5 Å². The number of ether oxygens (including phenoxy) is 1. The van der Waals surface area contributed by atoms with E-state index in [0.29, 0.717) is 31.2 Å². The number of nitro benzene ring substituents is 1. The molecule has 0 N–H and O–H groups in total. The molecule has 4 rings (SSSR count). The van der Waals surface area contributed by atoms with Crippen LogP contribution in [-0.4, -0.2) is 43.8 Å². The third kappa shape index (κ3) is 6.15. The summed E-state index contributed by atoms with van der Waals surface area (Å²) in [6.45, 7) is 1.83. The van der Waals surface area contributed by atoms with E-state index < -0.39 is 15.0 Å². The summed E-state index contributed by atoms with van der Waals surface area (Å²) < 4.78 is 35.9. The van der Waals surface area contributed by atoms with Crippen LogP contribution in [0.5, 0.6) is 11.5 Å². The Hall–Kier alpha value is -3.92. The molecule has 1 amide bonds. The first-order chi connectivity index (χ1) is 16.8. The Kier molecular flexibility index (Phi) is 7.31. The van der Waals surface area contributed by atoms with E-state index in [1.807, 2.05) is 30.3 Å². The molecule has 10 heteroatoms. The Bertz CT molecular complexity index is 1290. The van der Waals surface area contributed by atoms with Crippen LogP contribution in [0.3, 0.4) is 0 Å². The molecule has 1 saturated heterocycles. The third-order valence-corrected chi connectivity index (χ3v) is 7.00. The molecular formula is C25H24N2O7S. The zero-order valence-electron chi connectivity index (χ0n) is 18.8. The van der Waals surface area contributed by atoms with Crippen LogP contribution in [0.1, 0.15) is 23.2 Å². The van der Waals surface area contributed by atoms with Crippen molar-refractivity contribution in [2.45, 2.75) is 17.7 Å². The van der Waals surface area contributed by atoms with E-state index >= 15 is 0 Å². The Labute approximate surface area is 203 Å². The summed E-state index contributed by atoms with van der Waals surface area (Å²) in [5.41, 5.74) is 0.0649. The minimum atomic E-state index is -4.27. The molecule has 9 nitrogen and oxygen atoms in total. The molecule has 0 unspecified atom stereocenters. The number of piperidine rings is 1. The average Bonchev–Trinajstić information content (AvgIpc) is 2.88. The number of para-hydroxylation sites is 1. The molecule has 3 aromatic carbocycles. The highest BCUT2D eigenvalue weighted by Crippen LogP contribution is 2.24. The molecule has 1 aliphatic heterocycles. The van der Waals surface area contributed by atoms with Gasteiger partial charge in [0, 0.05) is 30.8 Å². The number of likely N-dealkylation sites (tertiary alicyclic amines) is 1. The number of carbonyl (C=O) groups excluding carboxylic acids is 1.